The van der Waals surface area contributed by atoms with Crippen LogP contribution in [-0.2, 0) is 10.2 Å². The van der Waals surface area contributed by atoms with E-state index in [1.54, 1.807) is 6.07 Å². The van der Waals surface area contributed by atoms with Gasteiger partial charge in [0.25, 0.3) is 0 Å². The molecule has 0 aliphatic carbocycles. The van der Waals surface area contributed by atoms with E-state index in [9.17, 15) is 9.18 Å². The molecule has 0 saturated heterocycles. The molecule has 26 heavy (non-hydrogen) atoms. The molecule has 1 aromatic carbocycles. The Kier molecular flexibility index (Phi) is 4.82. The van der Waals surface area contributed by atoms with E-state index < -0.39 is 5.91 Å². The molecule has 7 heteroatoms. The largest absolute Gasteiger partial charge is 0.366 e. The fraction of sp³-hybridized carbons (Fsp3) is 0.211. The molecule has 5 nitrogen and oxygen atoms in total. The first-order valence-electron chi connectivity index (χ1n) is 8.04. The zero-order valence-electron chi connectivity index (χ0n) is 14.7. The van der Waals surface area contributed by atoms with Gasteiger partial charge in [-0.2, -0.15) is 0 Å². The SMILES string of the molecule is CC(C)(C)c1nnc2ccc(Sc3ccc(F)cc3C=CC(N)=O)cn12. The molecule has 0 saturated carbocycles. The molecule has 0 aliphatic rings. The van der Waals surface area contributed by atoms with Crippen molar-refractivity contribution in [1.29, 1.82) is 0 Å². The van der Waals surface area contributed by atoms with Gasteiger partial charge in [0.05, 0.1) is 0 Å². The first-order valence-corrected chi connectivity index (χ1v) is 8.86. The van der Waals surface area contributed by atoms with Crippen molar-refractivity contribution in [3.05, 3.63) is 59.8 Å². The monoisotopic (exact) mass is 370 g/mol. The molecule has 0 fully saturated rings. The van der Waals surface area contributed by atoms with Crippen LogP contribution in [0, 0.1) is 5.82 Å². The van der Waals surface area contributed by atoms with Gasteiger partial charge in [-0.1, -0.05) is 32.5 Å². The minimum atomic E-state index is -0.578. The number of hydrogen-bond donors (Lipinski definition) is 1. The third-order valence-electron chi connectivity index (χ3n) is 3.67. The number of primary amides is 1. The summed E-state index contributed by atoms with van der Waals surface area (Å²) < 4.78 is 15.5. The van der Waals surface area contributed by atoms with E-state index in [4.69, 9.17) is 5.73 Å². The highest BCUT2D eigenvalue weighted by molar-refractivity contribution is 7.99. The molecule has 0 unspecified atom stereocenters. The first kappa shape index (κ1) is 18.1. The number of rotatable bonds is 4. The third-order valence-corrected chi connectivity index (χ3v) is 4.74. The summed E-state index contributed by atoms with van der Waals surface area (Å²) in [5.74, 6) is -0.0865. The van der Waals surface area contributed by atoms with E-state index in [0.29, 0.717) is 5.56 Å². The van der Waals surface area contributed by atoms with Crippen LogP contribution in [-0.4, -0.2) is 20.5 Å². The lowest BCUT2D eigenvalue weighted by molar-refractivity contribution is -0.113. The normalized spacial score (nSPS) is 12.2. The molecule has 1 amide bonds. The highest BCUT2D eigenvalue weighted by atomic mass is 32.2. The van der Waals surface area contributed by atoms with Crippen LogP contribution < -0.4 is 5.73 Å². The summed E-state index contributed by atoms with van der Waals surface area (Å²) in [4.78, 5) is 12.8. The van der Waals surface area contributed by atoms with E-state index >= 15 is 0 Å². The van der Waals surface area contributed by atoms with Crippen LogP contribution in [0.25, 0.3) is 11.7 Å². The van der Waals surface area contributed by atoms with Crippen molar-refractivity contribution >= 4 is 29.4 Å². The van der Waals surface area contributed by atoms with Crippen molar-refractivity contribution < 1.29 is 9.18 Å². The number of benzene rings is 1. The summed E-state index contributed by atoms with van der Waals surface area (Å²) >= 11 is 1.47. The Bertz CT molecular complexity index is 1000. The standard InChI is InChI=1S/C19H19FN4OS/c1-19(2,3)18-23-22-17-9-6-14(11-24(17)18)26-15-7-5-13(20)10-12(15)4-8-16(21)25/h4-11H,1-3H3,(H2,21,25). The number of carbonyl (C=O) groups is 1. The lowest BCUT2D eigenvalue weighted by atomic mass is 9.96. The van der Waals surface area contributed by atoms with Gasteiger partial charge in [-0.25, -0.2) is 4.39 Å². The number of fused-ring (bicyclic) bond motifs is 1. The van der Waals surface area contributed by atoms with Gasteiger partial charge in [0.2, 0.25) is 5.91 Å². The summed E-state index contributed by atoms with van der Waals surface area (Å²) in [5.41, 5.74) is 6.36. The number of amides is 1. The smallest absolute Gasteiger partial charge is 0.241 e. The molecular weight excluding hydrogens is 351 g/mol. The topological polar surface area (TPSA) is 73.3 Å². The van der Waals surface area contributed by atoms with Gasteiger partial charge in [-0.05, 0) is 42.0 Å². The van der Waals surface area contributed by atoms with Crippen LogP contribution in [0.2, 0.25) is 0 Å². The van der Waals surface area contributed by atoms with E-state index in [-0.39, 0.29) is 11.2 Å². The second-order valence-electron chi connectivity index (χ2n) is 6.89. The molecule has 3 rings (SSSR count). The van der Waals surface area contributed by atoms with E-state index in [0.717, 1.165) is 21.3 Å². The quantitative estimate of drug-likeness (QED) is 0.709. The maximum atomic E-state index is 13.6. The highest BCUT2D eigenvalue weighted by Crippen LogP contribution is 2.32. The third kappa shape index (κ3) is 3.94. The number of nitrogens with zero attached hydrogens (tertiary/aromatic N) is 3. The maximum Gasteiger partial charge on any atom is 0.241 e. The van der Waals surface area contributed by atoms with E-state index in [1.165, 1.54) is 36.0 Å². The number of aromatic nitrogens is 3. The summed E-state index contributed by atoms with van der Waals surface area (Å²) in [6.45, 7) is 6.24. The second kappa shape index (κ2) is 6.92. The molecule has 2 N–H and O–H groups in total. The molecule has 3 aromatic rings. The van der Waals surface area contributed by atoms with E-state index in [2.05, 4.69) is 31.0 Å². The molecule has 2 heterocycles. The Morgan fingerprint density at radius 3 is 2.69 bits per heavy atom. The molecule has 134 valence electrons. The number of nitrogens with two attached hydrogens (primary N) is 1. The molecule has 0 radical (unpaired) electrons. The van der Waals surface area contributed by atoms with Crippen LogP contribution in [0.15, 0.2) is 52.4 Å². The van der Waals surface area contributed by atoms with Crippen molar-refractivity contribution in [3.8, 4) is 0 Å². The number of carbonyl (C=O) groups excluding carboxylic acids is 1. The number of halogens is 1. The van der Waals surface area contributed by atoms with Crippen LogP contribution in [0.1, 0.15) is 32.2 Å². The van der Waals surface area contributed by atoms with Crippen LogP contribution >= 0.6 is 11.8 Å². The van der Waals surface area contributed by atoms with Gasteiger partial charge in [0, 0.05) is 27.5 Å². The van der Waals surface area contributed by atoms with Crippen LogP contribution in [0.3, 0.4) is 0 Å². The summed E-state index contributed by atoms with van der Waals surface area (Å²) in [5, 5.41) is 8.49. The van der Waals surface area contributed by atoms with Gasteiger partial charge in [-0.15, -0.1) is 10.2 Å². The van der Waals surface area contributed by atoms with E-state index in [1.807, 2.05) is 22.7 Å². The summed E-state index contributed by atoms with van der Waals surface area (Å²) in [6.07, 6.45) is 4.71. The number of pyridine rings is 1. The molecule has 0 aliphatic heterocycles. The summed E-state index contributed by atoms with van der Waals surface area (Å²) in [7, 11) is 0. The van der Waals surface area contributed by atoms with Gasteiger partial charge < -0.3 is 5.73 Å². The van der Waals surface area contributed by atoms with Crippen molar-refractivity contribution in [2.24, 2.45) is 5.73 Å². The van der Waals surface area contributed by atoms with Crippen molar-refractivity contribution in [2.45, 2.75) is 36.0 Å². The fourth-order valence-electron chi connectivity index (χ4n) is 2.48. The Morgan fingerprint density at radius 2 is 2.00 bits per heavy atom. The minimum Gasteiger partial charge on any atom is -0.366 e. The average Bonchev–Trinajstić information content (AvgIpc) is 2.98. The molecule has 0 bridgehead atoms. The molecule has 2 aromatic heterocycles. The first-order chi connectivity index (χ1) is 12.2. The van der Waals surface area contributed by atoms with Crippen LogP contribution in [0.4, 0.5) is 4.39 Å². The molecule has 0 atom stereocenters. The van der Waals surface area contributed by atoms with Crippen molar-refractivity contribution in [1.82, 2.24) is 14.6 Å². The van der Waals surface area contributed by atoms with Gasteiger partial charge in [0.15, 0.2) is 5.65 Å². The lowest BCUT2D eigenvalue weighted by Gasteiger charge is -2.16. The Labute approximate surface area is 155 Å². The molecular formula is C19H19FN4OS. The summed E-state index contributed by atoms with van der Waals surface area (Å²) in [6, 6.07) is 8.28. The lowest BCUT2D eigenvalue weighted by Crippen LogP contribution is -2.15. The number of hydrogen-bond acceptors (Lipinski definition) is 4. The fourth-order valence-corrected chi connectivity index (χ4v) is 3.41. The van der Waals surface area contributed by atoms with Gasteiger partial charge in [0.1, 0.15) is 11.6 Å². The van der Waals surface area contributed by atoms with Crippen molar-refractivity contribution in [2.75, 3.05) is 0 Å². The Morgan fingerprint density at radius 1 is 1.23 bits per heavy atom. The average molecular weight is 370 g/mol. The van der Waals surface area contributed by atoms with Gasteiger partial charge >= 0.3 is 0 Å². The zero-order chi connectivity index (χ0) is 18.9. The minimum absolute atomic E-state index is 0.145. The van der Waals surface area contributed by atoms with Crippen molar-refractivity contribution in [3.63, 3.8) is 0 Å². The predicted octanol–water partition coefficient (Wildman–Crippen LogP) is 3.82. The van der Waals surface area contributed by atoms with Crippen LogP contribution in [0.5, 0.6) is 0 Å². The van der Waals surface area contributed by atoms with Gasteiger partial charge in [-0.3, -0.25) is 9.20 Å². The molecule has 0 spiro atoms. The Hall–Kier alpha value is -2.67. The Balaban J connectivity index is 2.00. The maximum absolute atomic E-state index is 13.6. The second-order valence-corrected chi connectivity index (χ2v) is 8.00. The highest BCUT2D eigenvalue weighted by Gasteiger charge is 2.21. The zero-order valence-corrected chi connectivity index (χ0v) is 15.5. The predicted molar refractivity (Wildman–Crippen MR) is 100 cm³/mol.